The van der Waals surface area contributed by atoms with E-state index in [1.165, 1.54) is 10.9 Å². The molecule has 0 bridgehead atoms. The molecule has 0 aliphatic heterocycles. The van der Waals surface area contributed by atoms with E-state index in [2.05, 4.69) is 10.1 Å². The van der Waals surface area contributed by atoms with Crippen molar-refractivity contribution < 1.29 is 9.90 Å². The number of hydrogen-bond acceptors (Lipinski definition) is 4. The second-order valence-electron chi connectivity index (χ2n) is 4.43. The smallest absolute Gasteiger partial charge is 0.220 e. The van der Waals surface area contributed by atoms with Gasteiger partial charge in [0.15, 0.2) is 0 Å². The number of aromatic hydroxyl groups is 1. The van der Waals surface area contributed by atoms with Gasteiger partial charge in [0.2, 0.25) is 11.7 Å². The van der Waals surface area contributed by atoms with Crippen LogP contribution in [0.5, 0.6) is 5.88 Å². The molecule has 2 aromatic heterocycles. The molecule has 0 spiro atoms. The fraction of sp³-hybridized carbons (Fsp3) is 0.308. The minimum atomic E-state index is -0.252. The highest BCUT2D eigenvalue weighted by molar-refractivity contribution is 6.11. The molecule has 0 saturated heterocycles. The fourth-order valence-electron chi connectivity index (χ4n) is 1.80. The number of hydrogen-bond donors (Lipinski definition) is 1. The van der Waals surface area contributed by atoms with E-state index in [1.807, 2.05) is 13.8 Å². The maximum Gasteiger partial charge on any atom is 0.220 e. The zero-order chi connectivity index (χ0) is 13.3. The standard InChI is InChI=1S/C13H15N3O2/c1-8(2)11-10(13(18)16(3)15-11)12(17)9-5-4-6-14-7-9/h4-8,18H,1-3H3. The van der Waals surface area contributed by atoms with Gasteiger partial charge in [0, 0.05) is 25.0 Å². The summed E-state index contributed by atoms with van der Waals surface area (Å²) in [6.45, 7) is 3.86. The zero-order valence-corrected chi connectivity index (χ0v) is 10.6. The molecule has 0 atom stereocenters. The van der Waals surface area contributed by atoms with E-state index in [-0.39, 0.29) is 23.1 Å². The van der Waals surface area contributed by atoms with Crippen LogP contribution >= 0.6 is 0 Å². The number of carbonyl (C=O) groups is 1. The lowest BCUT2D eigenvalue weighted by molar-refractivity contribution is 0.103. The number of aromatic nitrogens is 3. The van der Waals surface area contributed by atoms with Crippen molar-refractivity contribution in [2.75, 3.05) is 0 Å². The molecular weight excluding hydrogens is 230 g/mol. The Kier molecular flexibility index (Phi) is 3.14. The van der Waals surface area contributed by atoms with Crippen molar-refractivity contribution in [3.8, 4) is 5.88 Å². The number of aryl methyl sites for hydroxylation is 1. The summed E-state index contributed by atoms with van der Waals surface area (Å²) in [5, 5.41) is 14.1. The molecule has 0 amide bonds. The van der Waals surface area contributed by atoms with Gasteiger partial charge in [-0.05, 0) is 18.1 Å². The first kappa shape index (κ1) is 12.3. The summed E-state index contributed by atoms with van der Waals surface area (Å²) >= 11 is 0. The first-order chi connectivity index (χ1) is 8.52. The predicted molar refractivity (Wildman–Crippen MR) is 66.6 cm³/mol. The van der Waals surface area contributed by atoms with Gasteiger partial charge in [-0.2, -0.15) is 5.10 Å². The molecule has 94 valence electrons. The maximum atomic E-state index is 12.4. The number of pyridine rings is 1. The Bertz CT molecular complexity index is 573. The molecule has 5 nitrogen and oxygen atoms in total. The number of nitrogens with zero attached hydrogens (tertiary/aromatic N) is 3. The van der Waals surface area contributed by atoms with E-state index < -0.39 is 0 Å². The minimum absolute atomic E-state index is 0.0627. The Morgan fingerprint density at radius 1 is 1.44 bits per heavy atom. The van der Waals surface area contributed by atoms with E-state index in [4.69, 9.17) is 0 Å². The normalized spacial score (nSPS) is 10.9. The van der Waals surface area contributed by atoms with Gasteiger partial charge in [-0.1, -0.05) is 13.8 Å². The molecule has 2 rings (SSSR count). The van der Waals surface area contributed by atoms with Crippen LogP contribution in [0.4, 0.5) is 0 Å². The molecule has 2 aromatic rings. The van der Waals surface area contributed by atoms with Crippen molar-refractivity contribution in [3.05, 3.63) is 41.3 Å². The lowest BCUT2D eigenvalue weighted by atomic mass is 9.99. The molecule has 0 aliphatic carbocycles. The van der Waals surface area contributed by atoms with Crippen LogP contribution in [-0.4, -0.2) is 25.7 Å². The van der Waals surface area contributed by atoms with E-state index in [1.54, 1.807) is 25.4 Å². The number of ketones is 1. The summed E-state index contributed by atoms with van der Waals surface area (Å²) in [5.74, 6) is -0.294. The van der Waals surface area contributed by atoms with Crippen LogP contribution in [0.2, 0.25) is 0 Å². The topological polar surface area (TPSA) is 68.0 Å². The molecule has 0 saturated carbocycles. The van der Waals surface area contributed by atoms with Gasteiger partial charge in [0.25, 0.3) is 0 Å². The van der Waals surface area contributed by atoms with Gasteiger partial charge in [-0.15, -0.1) is 0 Å². The van der Waals surface area contributed by atoms with Gasteiger partial charge >= 0.3 is 0 Å². The van der Waals surface area contributed by atoms with Gasteiger partial charge < -0.3 is 5.11 Å². The molecular formula is C13H15N3O2. The minimum Gasteiger partial charge on any atom is -0.493 e. The van der Waals surface area contributed by atoms with Crippen LogP contribution < -0.4 is 0 Å². The molecule has 0 aliphatic rings. The Morgan fingerprint density at radius 2 is 2.17 bits per heavy atom. The summed E-state index contributed by atoms with van der Waals surface area (Å²) in [6.07, 6.45) is 3.09. The number of carbonyl (C=O) groups excluding carboxylic acids is 1. The van der Waals surface area contributed by atoms with E-state index >= 15 is 0 Å². The summed E-state index contributed by atoms with van der Waals surface area (Å²) in [6, 6.07) is 3.36. The lowest BCUT2D eigenvalue weighted by Gasteiger charge is -2.04. The molecule has 0 unspecified atom stereocenters. The second kappa shape index (κ2) is 4.60. The molecule has 0 aromatic carbocycles. The summed E-state index contributed by atoms with van der Waals surface area (Å²) in [5.41, 5.74) is 1.31. The molecule has 5 heteroatoms. The van der Waals surface area contributed by atoms with Gasteiger partial charge in [0.05, 0.1) is 5.69 Å². The number of rotatable bonds is 3. The molecule has 1 N–H and O–H groups in total. The highest BCUT2D eigenvalue weighted by Gasteiger charge is 2.25. The van der Waals surface area contributed by atoms with Crippen molar-refractivity contribution in [1.29, 1.82) is 0 Å². The van der Waals surface area contributed by atoms with Crippen molar-refractivity contribution in [2.45, 2.75) is 19.8 Å². The molecule has 2 heterocycles. The van der Waals surface area contributed by atoms with Crippen molar-refractivity contribution in [2.24, 2.45) is 7.05 Å². The van der Waals surface area contributed by atoms with E-state index in [0.29, 0.717) is 11.3 Å². The van der Waals surface area contributed by atoms with Crippen LogP contribution in [0.3, 0.4) is 0 Å². The molecule has 0 radical (unpaired) electrons. The zero-order valence-electron chi connectivity index (χ0n) is 10.6. The summed E-state index contributed by atoms with van der Waals surface area (Å²) < 4.78 is 1.32. The van der Waals surface area contributed by atoms with E-state index in [9.17, 15) is 9.90 Å². The van der Waals surface area contributed by atoms with Crippen LogP contribution in [0.15, 0.2) is 24.5 Å². The third-order valence-electron chi connectivity index (χ3n) is 2.74. The highest BCUT2D eigenvalue weighted by Crippen LogP contribution is 2.28. The van der Waals surface area contributed by atoms with Gasteiger partial charge in [0.1, 0.15) is 5.56 Å². The first-order valence-corrected chi connectivity index (χ1v) is 5.73. The van der Waals surface area contributed by atoms with Gasteiger partial charge in [-0.3, -0.25) is 9.78 Å². The summed E-state index contributed by atoms with van der Waals surface area (Å²) in [4.78, 5) is 16.3. The predicted octanol–water partition coefficient (Wildman–Crippen LogP) is 1.88. The Hall–Kier alpha value is -2.17. The fourth-order valence-corrected chi connectivity index (χ4v) is 1.80. The third-order valence-corrected chi connectivity index (χ3v) is 2.74. The monoisotopic (exact) mass is 245 g/mol. The van der Waals surface area contributed by atoms with Crippen molar-refractivity contribution >= 4 is 5.78 Å². The highest BCUT2D eigenvalue weighted by atomic mass is 16.3. The average molecular weight is 245 g/mol. The average Bonchev–Trinajstić information content (AvgIpc) is 2.66. The Labute approximate surface area is 105 Å². The molecule has 0 fully saturated rings. The maximum absolute atomic E-state index is 12.4. The van der Waals surface area contributed by atoms with Crippen LogP contribution in [0, 0.1) is 0 Å². The Morgan fingerprint density at radius 3 is 2.72 bits per heavy atom. The molecule has 18 heavy (non-hydrogen) atoms. The van der Waals surface area contributed by atoms with Crippen LogP contribution in [0.1, 0.15) is 41.4 Å². The third kappa shape index (κ3) is 1.99. The van der Waals surface area contributed by atoms with Crippen molar-refractivity contribution in [1.82, 2.24) is 14.8 Å². The Balaban J connectivity index is 2.54. The van der Waals surface area contributed by atoms with Crippen LogP contribution in [0.25, 0.3) is 0 Å². The largest absolute Gasteiger partial charge is 0.493 e. The SMILES string of the molecule is CC(C)c1nn(C)c(O)c1C(=O)c1cccnc1. The van der Waals surface area contributed by atoms with Gasteiger partial charge in [-0.25, -0.2) is 4.68 Å². The second-order valence-corrected chi connectivity index (χ2v) is 4.43. The quantitative estimate of drug-likeness (QED) is 0.838. The van der Waals surface area contributed by atoms with Crippen molar-refractivity contribution in [3.63, 3.8) is 0 Å². The van der Waals surface area contributed by atoms with Crippen LogP contribution in [-0.2, 0) is 7.05 Å². The van der Waals surface area contributed by atoms with E-state index in [0.717, 1.165) is 0 Å². The lowest BCUT2D eigenvalue weighted by Crippen LogP contribution is -2.05. The first-order valence-electron chi connectivity index (χ1n) is 5.73. The summed E-state index contributed by atoms with van der Waals surface area (Å²) in [7, 11) is 1.61.